The molecule has 4 saturated heterocycles. The van der Waals surface area contributed by atoms with Crippen molar-refractivity contribution in [1.82, 2.24) is 0 Å². The Morgan fingerprint density at radius 2 is 1.56 bits per heavy atom. The van der Waals surface area contributed by atoms with E-state index in [1.54, 1.807) is 0 Å². The molecule has 1 spiro atoms. The van der Waals surface area contributed by atoms with Crippen LogP contribution in [0.5, 0.6) is 0 Å². The van der Waals surface area contributed by atoms with Gasteiger partial charge in [0.15, 0.2) is 18.4 Å². The van der Waals surface area contributed by atoms with E-state index in [1.807, 2.05) is 0 Å². The highest BCUT2D eigenvalue weighted by atomic mass is 16.7. The molecule has 0 radical (unpaired) electrons. The monoisotopic (exact) mass is 738 g/mol. The summed E-state index contributed by atoms with van der Waals surface area (Å²) >= 11 is 0. The predicted octanol–water partition coefficient (Wildman–Crippen LogP) is 1.50. The fraction of sp³-hybridized carbons (Fsp3) is 0.949. The molecule has 7 N–H and O–H groups in total. The number of rotatable bonds is 5. The van der Waals surface area contributed by atoms with E-state index in [1.165, 1.54) is 12.5 Å². The van der Waals surface area contributed by atoms with Crippen LogP contribution in [0.3, 0.4) is 0 Å². The van der Waals surface area contributed by atoms with Gasteiger partial charge in [0.1, 0.15) is 48.3 Å². The zero-order chi connectivity index (χ0) is 37.1. The second-order valence-electron chi connectivity index (χ2n) is 18.4. The molecular weight excluding hydrogens is 676 g/mol. The van der Waals surface area contributed by atoms with Gasteiger partial charge in [-0.3, -0.25) is 0 Å². The number of ether oxygens (including phenoxy) is 6. The highest BCUT2D eigenvalue weighted by molar-refractivity contribution is 5.29. The lowest BCUT2D eigenvalue weighted by Crippen LogP contribution is -2.64. The van der Waals surface area contributed by atoms with Crippen LogP contribution in [0.1, 0.15) is 92.4 Å². The third-order valence-electron chi connectivity index (χ3n) is 15.8. The molecular formula is C39H62O13. The molecule has 3 saturated carbocycles. The van der Waals surface area contributed by atoms with Gasteiger partial charge in [-0.05, 0) is 87.4 Å². The van der Waals surface area contributed by atoms with Crippen LogP contribution in [-0.4, -0.2) is 134 Å². The largest absolute Gasteiger partial charge is 0.394 e. The normalized spacial score (nSPS) is 58.9. The summed E-state index contributed by atoms with van der Waals surface area (Å²) < 4.78 is 36.8. The number of fused-ring (bicyclic) bond motifs is 7. The smallest absolute Gasteiger partial charge is 0.187 e. The Balaban J connectivity index is 0.927. The van der Waals surface area contributed by atoms with Crippen molar-refractivity contribution in [2.45, 2.75) is 177 Å². The lowest BCUT2D eigenvalue weighted by molar-refractivity contribution is -0.360. The number of hydrogen-bond donors (Lipinski definition) is 7. The Hall–Kier alpha value is -0.780. The van der Waals surface area contributed by atoms with E-state index in [2.05, 4.69) is 33.8 Å². The Morgan fingerprint density at radius 3 is 2.27 bits per heavy atom. The number of aliphatic hydroxyl groups excluding tert-OH is 6. The topological polar surface area (TPSA) is 197 Å². The lowest BCUT2D eigenvalue weighted by atomic mass is 9.46. The Morgan fingerprint density at radius 1 is 0.827 bits per heavy atom. The van der Waals surface area contributed by atoms with Crippen molar-refractivity contribution in [3.8, 4) is 0 Å². The average molecular weight is 739 g/mol. The van der Waals surface area contributed by atoms with Crippen LogP contribution in [0, 0.1) is 40.4 Å². The van der Waals surface area contributed by atoms with Gasteiger partial charge in [0, 0.05) is 17.8 Å². The molecule has 8 aliphatic rings. The summed E-state index contributed by atoms with van der Waals surface area (Å²) in [5.41, 5.74) is 0.154. The molecule has 13 nitrogen and oxygen atoms in total. The van der Waals surface area contributed by atoms with Crippen molar-refractivity contribution in [2.75, 3.05) is 13.2 Å². The van der Waals surface area contributed by atoms with E-state index in [0.717, 1.165) is 51.4 Å². The molecule has 21 atom stereocenters. The summed E-state index contributed by atoms with van der Waals surface area (Å²) in [6.45, 7) is 10.7. The Bertz CT molecular complexity index is 1350. The summed E-state index contributed by atoms with van der Waals surface area (Å²) in [6, 6.07) is 0. The molecule has 4 aliphatic carbocycles. The number of allylic oxidation sites excluding steroid dienone is 1. The molecule has 0 aromatic carbocycles. The average Bonchev–Trinajstić information content (AvgIpc) is 3.48. The predicted molar refractivity (Wildman–Crippen MR) is 183 cm³/mol. The molecule has 13 heteroatoms. The minimum absolute atomic E-state index is 0.0189. The molecule has 0 aromatic rings. The first-order chi connectivity index (χ1) is 24.6. The summed E-state index contributed by atoms with van der Waals surface area (Å²) in [7, 11) is 0. The van der Waals surface area contributed by atoms with Crippen molar-refractivity contribution < 1.29 is 64.2 Å². The third-order valence-corrected chi connectivity index (χ3v) is 15.8. The van der Waals surface area contributed by atoms with Gasteiger partial charge in [0.05, 0.1) is 31.5 Å². The van der Waals surface area contributed by atoms with E-state index >= 15 is 0 Å². The number of hydrogen-bond acceptors (Lipinski definition) is 13. The van der Waals surface area contributed by atoms with Crippen molar-refractivity contribution in [1.29, 1.82) is 0 Å². The van der Waals surface area contributed by atoms with E-state index in [0.29, 0.717) is 36.7 Å². The maximum Gasteiger partial charge on any atom is 0.187 e. The fourth-order valence-corrected chi connectivity index (χ4v) is 12.5. The molecule has 0 amide bonds. The maximum absolute atomic E-state index is 12.7. The van der Waals surface area contributed by atoms with Crippen LogP contribution in [0.2, 0.25) is 0 Å². The first kappa shape index (κ1) is 38.1. The first-order valence-corrected chi connectivity index (χ1v) is 19.9. The molecule has 0 aromatic heterocycles. The maximum atomic E-state index is 12.7. The van der Waals surface area contributed by atoms with Crippen LogP contribution in [0.4, 0.5) is 0 Å². The fourth-order valence-electron chi connectivity index (χ4n) is 12.5. The second-order valence-corrected chi connectivity index (χ2v) is 18.4. The first-order valence-electron chi connectivity index (χ1n) is 19.9. The van der Waals surface area contributed by atoms with Gasteiger partial charge in [-0.1, -0.05) is 39.3 Å². The van der Waals surface area contributed by atoms with Gasteiger partial charge >= 0.3 is 0 Å². The highest BCUT2D eigenvalue weighted by Gasteiger charge is 2.76. The van der Waals surface area contributed by atoms with Gasteiger partial charge in [-0.15, -0.1) is 0 Å². The molecule has 0 unspecified atom stereocenters. The van der Waals surface area contributed by atoms with Crippen LogP contribution in [0.25, 0.3) is 0 Å². The standard InChI is InChI=1S/C39H62O13/c1-18-8-13-38(47-17-18)20(3)39(46)27(52-38)15-25-23-7-6-21-14-22(9-11-36(21,4)24(23)10-12-37(25,39)5)49-35-32(45)30(43)33(26(16-40)50-35)51-34-31(44)29(42)28(41)19(2)48-34/h6,18-20,22-35,40-46H,7-17H2,1-5H3/t18-,19+,20-,22+,23-,24+,25+,26-,27+,28+,29-,30-,31-,32-,33-,34+,35-,36+,37+,38-,39-/m1/s1. The van der Waals surface area contributed by atoms with Crippen LogP contribution >= 0.6 is 0 Å². The van der Waals surface area contributed by atoms with E-state index in [-0.39, 0.29) is 29.0 Å². The zero-order valence-corrected chi connectivity index (χ0v) is 31.3. The quantitative estimate of drug-likeness (QED) is 0.201. The number of aliphatic hydroxyl groups is 7. The molecule has 4 heterocycles. The van der Waals surface area contributed by atoms with Crippen molar-refractivity contribution in [3.05, 3.63) is 11.6 Å². The van der Waals surface area contributed by atoms with Gasteiger partial charge in [0.25, 0.3) is 0 Å². The van der Waals surface area contributed by atoms with Crippen LogP contribution in [-0.2, 0) is 28.4 Å². The zero-order valence-electron chi connectivity index (χ0n) is 31.3. The third kappa shape index (κ3) is 5.50. The van der Waals surface area contributed by atoms with Crippen LogP contribution in [0.15, 0.2) is 11.6 Å². The summed E-state index contributed by atoms with van der Waals surface area (Å²) in [5, 5.41) is 75.8. The second kappa shape index (κ2) is 13.4. The summed E-state index contributed by atoms with van der Waals surface area (Å²) in [6.07, 6.45) is -3.65. The minimum Gasteiger partial charge on any atom is -0.394 e. The molecule has 4 aliphatic heterocycles. The SMILES string of the molecule is C[C@@H]1CC[C@@]2(OC1)O[C@H]1C[C@H]3[C@@H]4CC=C5C[C@@H](O[C@@H]6O[C@H](CO)[C@@H](O[C@@H]7O[C@@H](C)[C@H](O)[C@@H](O)[C@H]7O)[C@H](O)[C@H]6O)CC[C@]5(C)[C@H]4CC[C@]3(C)[C@@]1(O)[C@@H]2C. The molecule has 296 valence electrons. The van der Waals surface area contributed by atoms with Crippen molar-refractivity contribution in [2.24, 2.45) is 40.4 Å². The van der Waals surface area contributed by atoms with Gasteiger partial charge in [0.2, 0.25) is 0 Å². The van der Waals surface area contributed by atoms with Crippen LogP contribution < -0.4 is 0 Å². The van der Waals surface area contributed by atoms with Gasteiger partial charge in [-0.2, -0.15) is 0 Å². The molecule has 52 heavy (non-hydrogen) atoms. The highest BCUT2D eigenvalue weighted by Crippen LogP contribution is 2.72. The molecule has 0 bridgehead atoms. The molecule has 7 fully saturated rings. The van der Waals surface area contributed by atoms with E-state index in [4.69, 9.17) is 28.4 Å². The van der Waals surface area contributed by atoms with Crippen molar-refractivity contribution in [3.63, 3.8) is 0 Å². The molecule has 8 rings (SSSR count). The van der Waals surface area contributed by atoms with E-state index < -0.39 is 79.4 Å². The Kier molecular flexibility index (Phi) is 9.83. The van der Waals surface area contributed by atoms with E-state index in [9.17, 15) is 35.7 Å². The van der Waals surface area contributed by atoms with Gasteiger partial charge in [-0.25, -0.2) is 0 Å². The summed E-state index contributed by atoms with van der Waals surface area (Å²) in [4.78, 5) is 0. The lowest BCUT2D eigenvalue weighted by Gasteiger charge is -2.60. The minimum atomic E-state index is -1.62. The van der Waals surface area contributed by atoms with Gasteiger partial charge < -0.3 is 64.2 Å². The Labute approximate surface area is 306 Å². The van der Waals surface area contributed by atoms with Crippen molar-refractivity contribution >= 4 is 0 Å². The summed E-state index contributed by atoms with van der Waals surface area (Å²) in [5.74, 6) is 0.991.